The fraction of sp³-hybridized carbons (Fsp3) is 0.400. The summed E-state index contributed by atoms with van der Waals surface area (Å²) in [5, 5.41) is 1.14. The first-order valence-electron chi connectivity index (χ1n) is 6.56. The number of hydrogen-bond donors (Lipinski definition) is 1. The number of aromatic nitrogens is 1. The van der Waals surface area contributed by atoms with Crippen LogP contribution in [0.1, 0.15) is 19.4 Å². The number of amides is 1. The number of carbonyl (C=O) groups is 1. The number of nitrogens with two attached hydrogens (primary N) is 1. The summed E-state index contributed by atoms with van der Waals surface area (Å²) < 4.78 is 1.98. The Bertz CT molecular complexity index is 586. The van der Waals surface area contributed by atoms with Crippen LogP contribution in [0.2, 0.25) is 0 Å². The Labute approximate surface area is 113 Å². The Morgan fingerprint density at radius 3 is 2.74 bits per heavy atom. The van der Waals surface area contributed by atoms with Gasteiger partial charge in [0, 0.05) is 31.3 Å². The molecule has 2 aromatic rings. The number of fused-ring (bicyclic) bond motifs is 1. The highest BCUT2D eigenvalue weighted by Crippen LogP contribution is 2.18. The molecule has 4 nitrogen and oxygen atoms in total. The summed E-state index contributed by atoms with van der Waals surface area (Å²) in [5.41, 5.74) is 7.81. The minimum Gasteiger partial charge on any atom is -0.342 e. The quantitative estimate of drug-likeness (QED) is 0.912. The molecule has 0 aliphatic heterocycles. The van der Waals surface area contributed by atoms with Gasteiger partial charge in [-0.3, -0.25) is 4.79 Å². The highest BCUT2D eigenvalue weighted by molar-refractivity contribution is 5.83. The van der Waals surface area contributed by atoms with Gasteiger partial charge in [-0.1, -0.05) is 12.1 Å². The van der Waals surface area contributed by atoms with Gasteiger partial charge in [0.1, 0.15) is 6.54 Å². The number of rotatable bonds is 4. The van der Waals surface area contributed by atoms with Crippen LogP contribution < -0.4 is 5.73 Å². The summed E-state index contributed by atoms with van der Waals surface area (Å²) in [6.45, 7) is 4.91. The SMILES string of the molecule is CC(C)N(C)C(=O)Cn1ccc2ccc(CN)cc21. The second-order valence-electron chi connectivity index (χ2n) is 5.14. The average molecular weight is 259 g/mol. The van der Waals surface area contributed by atoms with Crippen molar-refractivity contribution < 1.29 is 4.79 Å². The van der Waals surface area contributed by atoms with E-state index in [-0.39, 0.29) is 11.9 Å². The van der Waals surface area contributed by atoms with Gasteiger partial charge in [-0.15, -0.1) is 0 Å². The Kier molecular flexibility index (Phi) is 3.90. The maximum absolute atomic E-state index is 12.1. The maximum atomic E-state index is 12.1. The molecule has 1 aromatic carbocycles. The normalized spacial score (nSPS) is 11.2. The van der Waals surface area contributed by atoms with Crippen molar-refractivity contribution in [3.63, 3.8) is 0 Å². The third kappa shape index (κ3) is 2.79. The second-order valence-corrected chi connectivity index (χ2v) is 5.14. The number of carbonyl (C=O) groups excluding carboxylic acids is 1. The molecular formula is C15H21N3O. The van der Waals surface area contributed by atoms with Gasteiger partial charge in [0.25, 0.3) is 0 Å². The topological polar surface area (TPSA) is 51.3 Å². The molecule has 0 fully saturated rings. The molecule has 1 heterocycles. The van der Waals surface area contributed by atoms with E-state index < -0.39 is 0 Å². The van der Waals surface area contributed by atoms with Gasteiger partial charge in [0.15, 0.2) is 0 Å². The van der Waals surface area contributed by atoms with Crippen LogP contribution in [-0.4, -0.2) is 28.5 Å². The summed E-state index contributed by atoms with van der Waals surface area (Å²) in [4.78, 5) is 13.9. The monoisotopic (exact) mass is 259 g/mol. The first-order chi connectivity index (χ1) is 9.02. The molecule has 0 saturated carbocycles. The Morgan fingerprint density at radius 1 is 1.37 bits per heavy atom. The predicted molar refractivity (Wildman–Crippen MR) is 77.7 cm³/mol. The summed E-state index contributed by atoms with van der Waals surface area (Å²) in [6.07, 6.45) is 1.96. The van der Waals surface area contributed by atoms with Gasteiger partial charge in [0.2, 0.25) is 5.91 Å². The highest BCUT2D eigenvalue weighted by Gasteiger charge is 2.13. The number of benzene rings is 1. The predicted octanol–water partition coefficient (Wildman–Crippen LogP) is 1.97. The molecule has 1 aromatic heterocycles. The van der Waals surface area contributed by atoms with Crippen LogP contribution in [0, 0.1) is 0 Å². The highest BCUT2D eigenvalue weighted by atomic mass is 16.2. The molecule has 0 aliphatic rings. The van der Waals surface area contributed by atoms with E-state index in [1.54, 1.807) is 4.90 Å². The van der Waals surface area contributed by atoms with Crippen molar-refractivity contribution in [3.05, 3.63) is 36.0 Å². The van der Waals surface area contributed by atoms with Gasteiger partial charge in [-0.25, -0.2) is 0 Å². The molecule has 0 atom stereocenters. The second kappa shape index (κ2) is 5.45. The van der Waals surface area contributed by atoms with Gasteiger partial charge in [-0.2, -0.15) is 0 Å². The van der Waals surface area contributed by atoms with Crippen LogP contribution in [0.15, 0.2) is 30.5 Å². The lowest BCUT2D eigenvalue weighted by Crippen LogP contribution is -2.35. The molecule has 0 radical (unpaired) electrons. The van der Waals surface area contributed by atoms with Crippen LogP contribution in [0.25, 0.3) is 10.9 Å². The molecule has 4 heteroatoms. The number of likely N-dealkylation sites (N-methyl/N-ethyl adjacent to an activating group) is 1. The lowest BCUT2D eigenvalue weighted by Gasteiger charge is -2.21. The van der Waals surface area contributed by atoms with Crippen molar-refractivity contribution in [1.29, 1.82) is 0 Å². The van der Waals surface area contributed by atoms with Crippen LogP contribution in [0.4, 0.5) is 0 Å². The van der Waals surface area contributed by atoms with E-state index in [1.807, 2.05) is 49.9 Å². The van der Waals surface area contributed by atoms with E-state index in [1.165, 1.54) is 0 Å². The zero-order valence-electron chi connectivity index (χ0n) is 11.8. The molecule has 102 valence electrons. The Hall–Kier alpha value is -1.81. The smallest absolute Gasteiger partial charge is 0.242 e. The van der Waals surface area contributed by atoms with Crippen molar-refractivity contribution in [2.45, 2.75) is 33.0 Å². The van der Waals surface area contributed by atoms with Crippen molar-refractivity contribution in [2.75, 3.05) is 7.05 Å². The fourth-order valence-electron chi connectivity index (χ4n) is 2.04. The summed E-state index contributed by atoms with van der Waals surface area (Å²) in [6, 6.07) is 8.37. The Balaban J connectivity index is 2.28. The van der Waals surface area contributed by atoms with E-state index in [9.17, 15) is 4.79 Å². The molecule has 0 aliphatic carbocycles. The van der Waals surface area contributed by atoms with Crippen molar-refractivity contribution in [2.24, 2.45) is 5.73 Å². The third-order valence-electron chi connectivity index (χ3n) is 3.55. The first-order valence-corrected chi connectivity index (χ1v) is 6.56. The average Bonchev–Trinajstić information content (AvgIpc) is 2.80. The maximum Gasteiger partial charge on any atom is 0.242 e. The third-order valence-corrected chi connectivity index (χ3v) is 3.55. The molecule has 1 amide bonds. The molecule has 0 saturated heterocycles. The lowest BCUT2D eigenvalue weighted by atomic mass is 10.1. The largest absolute Gasteiger partial charge is 0.342 e. The lowest BCUT2D eigenvalue weighted by molar-refractivity contribution is -0.131. The number of hydrogen-bond acceptors (Lipinski definition) is 2. The van der Waals surface area contributed by atoms with Gasteiger partial charge < -0.3 is 15.2 Å². The minimum absolute atomic E-state index is 0.116. The summed E-state index contributed by atoms with van der Waals surface area (Å²) >= 11 is 0. The van der Waals surface area contributed by atoms with E-state index >= 15 is 0 Å². The van der Waals surface area contributed by atoms with E-state index in [4.69, 9.17) is 5.73 Å². The Morgan fingerprint density at radius 2 is 2.11 bits per heavy atom. The van der Waals surface area contributed by atoms with Crippen molar-refractivity contribution in [3.8, 4) is 0 Å². The molecule has 2 rings (SSSR count). The molecule has 0 unspecified atom stereocenters. The number of nitrogens with zero attached hydrogens (tertiary/aromatic N) is 2. The van der Waals surface area contributed by atoms with Gasteiger partial charge in [-0.05, 0) is 36.9 Å². The van der Waals surface area contributed by atoms with Crippen LogP contribution in [0.5, 0.6) is 0 Å². The van der Waals surface area contributed by atoms with Crippen LogP contribution in [0.3, 0.4) is 0 Å². The zero-order valence-corrected chi connectivity index (χ0v) is 11.8. The van der Waals surface area contributed by atoms with Crippen LogP contribution in [-0.2, 0) is 17.9 Å². The molecule has 0 spiro atoms. The summed E-state index contributed by atoms with van der Waals surface area (Å²) in [5.74, 6) is 0.116. The van der Waals surface area contributed by atoms with E-state index in [0.29, 0.717) is 13.1 Å². The molecule has 19 heavy (non-hydrogen) atoms. The zero-order chi connectivity index (χ0) is 14.0. The molecule has 0 bridgehead atoms. The molecule has 2 N–H and O–H groups in total. The van der Waals surface area contributed by atoms with Gasteiger partial charge in [0.05, 0.1) is 0 Å². The minimum atomic E-state index is 0.116. The van der Waals surface area contributed by atoms with E-state index in [2.05, 4.69) is 6.07 Å². The van der Waals surface area contributed by atoms with Crippen molar-refractivity contribution in [1.82, 2.24) is 9.47 Å². The standard InChI is InChI=1S/C15H21N3O/c1-11(2)17(3)15(19)10-18-7-6-13-5-4-12(9-16)8-14(13)18/h4-8,11H,9-10,16H2,1-3H3. The summed E-state index contributed by atoms with van der Waals surface area (Å²) in [7, 11) is 1.84. The fourth-order valence-corrected chi connectivity index (χ4v) is 2.04. The molecular weight excluding hydrogens is 238 g/mol. The van der Waals surface area contributed by atoms with Crippen LogP contribution >= 0.6 is 0 Å². The first kappa shape index (κ1) is 13.6. The van der Waals surface area contributed by atoms with E-state index in [0.717, 1.165) is 16.5 Å². The van der Waals surface area contributed by atoms with Gasteiger partial charge >= 0.3 is 0 Å². The van der Waals surface area contributed by atoms with Crippen molar-refractivity contribution >= 4 is 16.8 Å².